The molecule has 0 spiro atoms. The molecule has 3 nitrogen and oxygen atoms in total. The molecular weight excluding hydrogens is 248 g/mol. The molecule has 20 heavy (non-hydrogen) atoms. The number of benzene rings is 1. The van der Waals surface area contributed by atoms with E-state index in [4.69, 9.17) is 0 Å². The maximum Gasteiger partial charge on any atom is 0.243 e. The Kier molecular flexibility index (Phi) is 4.13. The average Bonchev–Trinajstić information content (AvgIpc) is 2.41. The van der Waals surface area contributed by atoms with Crippen molar-refractivity contribution in [1.82, 2.24) is 4.90 Å². The summed E-state index contributed by atoms with van der Waals surface area (Å²) in [6.45, 7) is 6.69. The fourth-order valence-electron chi connectivity index (χ4n) is 2.99. The number of hydrogen-bond acceptors (Lipinski definition) is 2. The predicted molar refractivity (Wildman–Crippen MR) is 78.6 cm³/mol. The molecule has 0 unspecified atom stereocenters. The molecule has 1 aromatic carbocycles. The van der Waals surface area contributed by atoms with Crippen LogP contribution < -0.4 is 0 Å². The van der Waals surface area contributed by atoms with Crippen LogP contribution in [0.25, 0.3) is 0 Å². The standard InChI is InChI=1S/C17H22N2O/c1-13(2)19(11-15-7-5-4-6-8-15)16(20)17(12-18)9-14(3)10-17/h4-8,13-14H,9-11H2,1-3H3. The van der Waals surface area contributed by atoms with Gasteiger partial charge in [-0.2, -0.15) is 5.26 Å². The lowest BCUT2D eigenvalue weighted by atomic mass is 9.62. The zero-order chi connectivity index (χ0) is 14.8. The van der Waals surface area contributed by atoms with Crippen molar-refractivity contribution in [3.05, 3.63) is 35.9 Å². The Labute approximate surface area is 121 Å². The number of amides is 1. The molecular formula is C17H22N2O. The largest absolute Gasteiger partial charge is 0.335 e. The highest BCUT2D eigenvalue weighted by atomic mass is 16.2. The Morgan fingerprint density at radius 1 is 1.40 bits per heavy atom. The molecule has 0 atom stereocenters. The number of carbonyl (C=O) groups excluding carboxylic acids is 1. The lowest BCUT2D eigenvalue weighted by Gasteiger charge is -2.43. The third-order valence-corrected chi connectivity index (χ3v) is 4.10. The van der Waals surface area contributed by atoms with E-state index in [1.165, 1.54) is 0 Å². The SMILES string of the molecule is CC1CC(C#N)(C(=O)N(Cc2ccccc2)C(C)C)C1. The molecule has 0 radical (unpaired) electrons. The van der Waals surface area contributed by atoms with E-state index in [0.29, 0.717) is 25.3 Å². The summed E-state index contributed by atoms with van der Waals surface area (Å²) in [5, 5.41) is 9.42. The molecule has 3 heteroatoms. The Morgan fingerprint density at radius 2 is 2.00 bits per heavy atom. The highest BCUT2D eigenvalue weighted by Gasteiger charge is 2.51. The van der Waals surface area contributed by atoms with Crippen molar-refractivity contribution in [3.63, 3.8) is 0 Å². The minimum absolute atomic E-state index is 0.00282. The number of hydrogen-bond donors (Lipinski definition) is 0. The van der Waals surface area contributed by atoms with Gasteiger partial charge in [0, 0.05) is 12.6 Å². The first-order chi connectivity index (χ1) is 9.48. The average molecular weight is 270 g/mol. The Morgan fingerprint density at radius 3 is 2.45 bits per heavy atom. The predicted octanol–water partition coefficient (Wildman–Crippen LogP) is 3.36. The van der Waals surface area contributed by atoms with Crippen molar-refractivity contribution in [2.75, 3.05) is 0 Å². The van der Waals surface area contributed by atoms with Crippen LogP contribution >= 0.6 is 0 Å². The van der Waals surface area contributed by atoms with Gasteiger partial charge in [0.2, 0.25) is 5.91 Å². The van der Waals surface area contributed by atoms with Crippen LogP contribution in [0.4, 0.5) is 0 Å². The van der Waals surface area contributed by atoms with Crippen molar-refractivity contribution in [3.8, 4) is 6.07 Å². The quantitative estimate of drug-likeness (QED) is 0.842. The summed E-state index contributed by atoms with van der Waals surface area (Å²) >= 11 is 0. The third kappa shape index (κ3) is 2.70. The molecule has 106 valence electrons. The summed E-state index contributed by atoms with van der Waals surface area (Å²) in [7, 11) is 0. The van der Waals surface area contributed by atoms with Crippen LogP contribution in [0.1, 0.15) is 39.2 Å². The van der Waals surface area contributed by atoms with Gasteiger partial charge >= 0.3 is 0 Å². The molecule has 1 fully saturated rings. The van der Waals surface area contributed by atoms with Gasteiger partial charge in [0.1, 0.15) is 5.41 Å². The van der Waals surface area contributed by atoms with Gasteiger partial charge < -0.3 is 4.90 Å². The first kappa shape index (κ1) is 14.6. The van der Waals surface area contributed by atoms with E-state index in [-0.39, 0.29) is 11.9 Å². The van der Waals surface area contributed by atoms with Gasteiger partial charge in [0.15, 0.2) is 0 Å². The second kappa shape index (κ2) is 5.66. The third-order valence-electron chi connectivity index (χ3n) is 4.10. The van der Waals surface area contributed by atoms with E-state index in [9.17, 15) is 10.1 Å². The zero-order valence-electron chi connectivity index (χ0n) is 12.5. The molecule has 1 aromatic rings. The van der Waals surface area contributed by atoms with E-state index in [2.05, 4.69) is 13.0 Å². The van der Waals surface area contributed by atoms with E-state index in [0.717, 1.165) is 5.56 Å². The molecule has 0 aromatic heterocycles. The summed E-state index contributed by atoms with van der Waals surface area (Å²) in [4.78, 5) is 14.6. The molecule has 1 saturated carbocycles. The van der Waals surface area contributed by atoms with E-state index < -0.39 is 5.41 Å². The van der Waals surface area contributed by atoms with Gasteiger partial charge in [-0.1, -0.05) is 37.3 Å². The number of carbonyl (C=O) groups is 1. The topological polar surface area (TPSA) is 44.1 Å². The van der Waals surface area contributed by atoms with E-state index in [1.807, 2.05) is 49.1 Å². The smallest absolute Gasteiger partial charge is 0.243 e. The molecule has 0 bridgehead atoms. The van der Waals surface area contributed by atoms with Crippen molar-refractivity contribution in [2.45, 2.75) is 46.2 Å². The Bertz CT molecular complexity index is 510. The van der Waals surface area contributed by atoms with Crippen LogP contribution in [0.5, 0.6) is 0 Å². The molecule has 0 heterocycles. The summed E-state index contributed by atoms with van der Waals surface area (Å²) in [5.41, 5.74) is 0.327. The summed E-state index contributed by atoms with van der Waals surface area (Å²) < 4.78 is 0. The van der Waals surface area contributed by atoms with Crippen LogP contribution in [-0.2, 0) is 11.3 Å². The zero-order valence-corrected chi connectivity index (χ0v) is 12.5. The summed E-state index contributed by atoms with van der Waals surface area (Å²) in [5.74, 6) is 0.473. The normalized spacial score (nSPS) is 24.9. The van der Waals surface area contributed by atoms with Crippen LogP contribution in [0.15, 0.2) is 30.3 Å². The second-order valence-corrected chi connectivity index (χ2v) is 6.22. The van der Waals surface area contributed by atoms with Gasteiger partial charge in [-0.05, 0) is 38.2 Å². The van der Waals surface area contributed by atoms with Gasteiger partial charge in [-0.25, -0.2) is 0 Å². The van der Waals surface area contributed by atoms with Crippen molar-refractivity contribution in [2.24, 2.45) is 11.3 Å². The molecule has 0 aliphatic heterocycles. The summed E-state index contributed by atoms with van der Waals surface area (Å²) in [6, 6.07) is 12.3. The minimum Gasteiger partial charge on any atom is -0.335 e. The molecule has 1 aliphatic rings. The monoisotopic (exact) mass is 270 g/mol. The molecule has 2 rings (SSSR count). The van der Waals surface area contributed by atoms with Gasteiger partial charge in [0.05, 0.1) is 6.07 Å². The highest BCUT2D eigenvalue weighted by molar-refractivity contribution is 5.86. The molecule has 0 saturated heterocycles. The first-order valence-corrected chi connectivity index (χ1v) is 7.25. The van der Waals surface area contributed by atoms with E-state index in [1.54, 1.807) is 0 Å². The fourth-order valence-corrected chi connectivity index (χ4v) is 2.99. The first-order valence-electron chi connectivity index (χ1n) is 7.25. The fraction of sp³-hybridized carbons (Fsp3) is 0.529. The highest BCUT2D eigenvalue weighted by Crippen LogP contribution is 2.46. The maximum absolute atomic E-state index is 12.8. The molecule has 0 N–H and O–H groups in total. The minimum atomic E-state index is -0.779. The lowest BCUT2D eigenvalue weighted by Crippen LogP contribution is -2.51. The number of nitriles is 1. The van der Waals surface area contributed by atoms with Crippen molar-refractivity contribution < 1.29 is 4.79 Å². The summed E-state index contributed by atoms with van der Waals surface area (Å²) in [6.07, 6.45) is 1.39. The van der Waals surface area contributed by atoms with Gasteiger partial charge in [0.25, 0.3) is 0 Å². The van der Waals surface area contributed by atoms with Crippen LogP contribution in [0, 0.1) is 22.7 Å². The van der Waals surface area contributed by atoms with Crippen LogP contribution in [0.2, 0.25) is 0 Å². The molecule has 1 aliphatic carbocycles. The number of rotatable bonds is 4. The van der Waals surface area contributed by atoms with E-state index >= 15 is 0 Å². The van der Waals surface area contributed by atoms with Gasteiger partial charge in [-0.3, -0.25) is 4.79 Å². The maximum atomic E-state index is 12.8. The number of nitrogens with zero attached hydrogens (tertiary/aromatic N) is 2. The molecule has 1 amide bonds. The van der Waals surface area contributed by atoms with Gasteiger partial charge in [-0.15, -0.1) is 0 Å². The van der Waals surface area contributed by atoms with Crippen molar-refractivity contribution in [1.29, 1.82) is 5.26 Å². The van der Waals surface area contributed by atoms with Crippen molar-refractivity contribution >= 4 is 5.91 Å². The lowest BCUT2D eigenvalue weighted by molar-refractivity contribution is -0.147. The van der Waals surface area contributed by atoms with Crippen LogP contribution in [-0.4, -0.2) is 16.8 Å². The Balaban J connectivity index is 2.17. The second-order valence-electron chi connectivity index (χ2n) is 6.22. The Hall–Kier alpha value is -1.82. The van der Waals surface area contributed by atoms with Crippen LogP contribution in [0.3, 0.4) is 0 Å².